The summed E-state index contributed by atoms with van der Waals surface area (Å²) in [6.45, 7) is 4.00. The first kappa shape index (κ1) is 22.0. The van der Waals surface area contributed by atoms with Crippen LogP contribution in [-0.4, -0.2) is 30.5 Å². The van der Waals surface area contributed by atoms with Gasteiger partial charge in [0.2, 0.25) is 0 Å². The van der Waals surface area contributed by atoms with E-state index in [4.69, 9.17) is 14.4 Å². The summed E-state index contributed by atoms with van der Waals surface area (Å²) in [4.78, 5) is 0. The number of nitrogens with one attached hydrogen (secondary N) is 1. The molecule has 0 aliphatic rings. The van der Waals surface area contributed by atoms with Crippen molar-refractivity contribution >= 4 is 0 Å². The number of rotatable bonds is 9. The van der Waals surface area contributed by atoms with Gasteiger partial charge in [-0.25, -0.2) is 0 Å². The number of aliphatic hydroxyl groups is 1. The third kappa shape index (κ3) is 4.81. The van der Waals surface area contributed by atoms with E-state index in [0.717, 1.165) is 33.7 Å². The highest BCUT2D eigenvalue weighted by atomic mass is 16.5. The van der Waals surface area contributed by atoms with Crippen molar-refractivity contribution in [3.05, 3.63) is 89.5 Å². The van der Waals surface area contributed by atoms with Crippen LogP contribution in [-0.2, 0) is 17.9 Å². The van der Waals surface area contributed by atoms with Crippen LogP contribution in [0.3, 0.4) is 0 Å². The zero-order valence-corrected chi connectivity index (χ0v) is 18.5. The maximum absolute atomic E-state index is 8.96. The number of nitrogens with zero attached hydrogens (tertiary/aromatic N) is 1. The fourth-order valence-corrected chi connectivity index (χ4v) is 3.94. The number of aromatic nitrogens is 1. The molecule has 4 rings (SSSR count). The molecule has 5 nitrogen and oxygen atoms in total. The van der Waals surface area contributed by atoms with Crippen LogP contribution in [0, 0.1) is 6.92 Å². The number of hydrogen-bond donors (Lipinski definition) is 2. The second-order valence-electron chi connectivity index (χ2n) is 7.74. The first-order chi connectivity index (χ1) is 15.7. The van der Waals surface area contributed by atoms with Crippen molar-refractivity contribution in [3.63, 3.8) is 0 Å². The number of aliphatic hydroxyl groups excluding tert-OH is 1. The van der Waals surface area contributed by atoms with Crippen LogP contribution in [0.5, 0.6) is 0 Å². The summed E-state index contributed by atoms with van der Waals surface area (Å²) in [6.07, 6.45) is 0. The minimum atomic E-state index is 0.124. The molecule has 0 saturated heterocycles. The van der Waals surface area contributed by atoms with E-state index >= 15 is 0 Å². The van der Waals surface area contributed by atoms with Crippen LogP contribution in [0.15, 0.2) is 77.3 Å². The Bertz CT molecular complexity index is 1170. The zero-order valence-electron chi connectivity index (χ0n) is 18.5. The molecule has 4 aromatic rings. The molecule has 2 N–H and O–H groups in total. The van der Waals surface area contributed by atoms with E-state index in [-0.39, 0.29) is 6.61 Å². The van der Waals surface area contributed by atoms with Gasteiger partial charge < -0.3 is 19.7 Å². The molecule has 32 heavy (non-hydrogen) atoms. The summed E-state index contributed by atoms with van der Waals surface area (Å²) in [7, 11) is 1.71. The second-order valence-corrected chi connectivity index (χ2v) is 7.74. The highest BCUT2D eigenvalue weighted by molar-refractivity contribution is 5.76. The molecular weight excluding hydrogens is 400 g/mol. The van der Waals surface area contributed by atoms with E-state index in [1.165, 1.54) is 16.7 Å². The van der Waals surface area contributed by atoms with E-state index in [1.807, 2.05) is 24.3 Å². The van der Waals surface area contributed by atoms with Gasteiger partial charge in [0, 0.05) is 37.4 Å². The van der Waals surface area contributed by atoms with Crippen LogP contribution < -0.4 is 5.32 Å². The summed E-state index contributed by atoms with van der Waals surface area (Å²) in [5.74, 6) is 0.721. The van der Waals surface area contributed by atoms with Gasteiger partial charge in [-0.3, -0.25) is 0 Å². The Kier molecular flexibility index (Phi) is 7.12. The number of methoxy groups -OCH3 is 1. The lowest BCUT2D eigenvalue weighted by atomic mass is 9.92. The molecule has 0 atom stereocenters. The summed E-state index contributed by atoms with van der Waals surface area (Å²) in [5.41, 5.74) is 8.53. The van der Waals surface area contributed by atoms with Gasteiger partial charge in [-0.05, 0) is 40.8 Å². The SMILES string of the molecule is COCc1c(-c2cc(-c3cccc(CNCCO)c3)no2)ccc(-c2ccccc2)c1C. The number of benzene rings is 3. The lowest BCUT2D eigenvalue weighted by Gasteiger charge is -2.15. The quantitative estimate of drug-likeness (QED) is 0.358. The first-order valence-corrected chi connectivity index (χ1v) is 10.8. The predicted molar refractivity (Wildman–Crippen MR) is 127 cm³/mol. The van der Waals surface area contributed by atoms with E-state index in [9.17, 15) is 0 Å². The van der Waals surface area contributed by atoms with Gasteiger partial charge in [0.15, 0.2) is 5.76 Å². The van der Waals surface area contributed by atoms with E-state index in [1.54, 1.807) is 7.11 Å². The molecule has 0 bridgehead atoms. The average Bonchev–Trinajstić information content (AvgIpc) is 3.32. The van der Waals surface area contributed by atoms with Gasteiger partial charge in [-0.2, -0.15) is 0 Å². The van der Waals surface area contributed by atoms with Crippen molar-refractivity contribution in [1.82, 2.24) is 10.5 Å². The van der Waals surface area contributed by atoms with Gasteiger partial charge in [0.25, 0.3) is 0 Å². The summed E-state index contributed by atoms with van der Waals surface area (Å²) in [5, 5.41) is 16.5. The molecular formula is C27H28N2O3. The van der Waals surface area contributed by atoms with Crippen LogP contribution in [0.2, 0.25) is 0 Å². The maximum Gasteiger partial charge on any atom is 0.167 e. The van der Waals surface area contributed by atoms with E-state index < -0.39 is 0 Å². The molecule has 0 fully saturated rings. The number of ether oxygens (including phenoxy) is 1. The normalized spacial score (nSPS) is 11.1. The van der Waals surface area contributed by atoms with Crippen molar-refractivity contribution in [2.24, 2.45) is 0 Å². The average molecular weight is 429 g/mol. The molecule has 0 spiro atoms. The monoisotopic (exact) mass is 428 g/mol. The predicted octanol–water partition coefficient (Wildman–Crippen LogP) is 5.21. The third-order valence-electron chi connectivity index (χ3n) is 5.59. The topological polar surface area (TPSA) is 67.5 Å². The van der Waals surface area contributed by atoms with E-state index in [0.29, 0.717) is 19.7 Å². The van der Waals surface area contributed by atoms with Crippen molar-refractivity contribution in [2.45, 2.75) is 20.1 Å². The first-order valence-electron chi connectivity index (χ1n) is 10.8. The van der Waals surface area contributed by atoms with Gasteiger partial charge in [0.1, 0.15) is 5.69 Å². The molecule has 0 unspecified atom stereocenters. The fourth-order valence-electron chi connectivity index (χ4n) is 3.94. The van der Waals surface area contributed by atoms with Crippen LogP contribution in [0.25, 0.3) is 33.7 Å². The molecule has 0 aliphatic heterocycles. The molecule has 164 valence electrons. The molecule has 0 aliphatic carbocycles. The Morgan fingerprint density at radius 2 is 1.72 bits per heavy atom. The van der Waals surface area contributed by atoms with Crippen molar-refractivity contribution in [2.75, 3.05) is 20.3 Å². The molecule has 0 radical (unpaired) electrons. The Morgan fingerprint density at radius 1 is 0.938 bits per heavy atom. The minimum absolute atomic E-state index is 0.124. The molecule has 1 heterocycles. The van der Waals surface area contributed by atoms with Gasteiger partial charge in [-0.15, -0.1) is 0 Å². The van der Waals surface area contributed by atoms with Crippen molar-refractivity contribution < 1.29 is 14.4 Å². The van der Waals surface area contributed by atoms with Gasteiger partial charge >= 0.3 is 0 Å². The van der Waals surface area contributed by atoms with Crippen molar-refractivity contribution in [3.8, 4) is 33.7 Å². The molecule has 0 saturated carbocycles. The lowest BCUT2D eigenvalue weighted by Crippen LogP contribution is -2.17. The Labute approximate surface area is 188 Å². The summed E-state index contributed by atoms with van der Waals surface area (Å²) >= 11 is 0. The minimum Gasteiger partial charge on any atom is -0.395 e. The largest absolute Gasteiger partial charge is 0.395 e. The third-order valence-corrected chi connectivity index (χ3v) is 5.59. The Hall–Kier alpha value is -3.25. The van der Waals surface area contributed by atoms with Crippen LogP contribution in [0.4, 0.5) is 0 Å². The summed E-state index contributed by atoms with van der Waals surface area (Å²) < 4.78 is 11.3. The highest BCUT2D eigenvalue weighted by Crippen LogP contribution is 2.35. The Morgan fingerprint density at radius 3 is 2.50 bits per heavy atom. The number of hydrogen-bond acceptors (Lipinski definition) is 5. The molecule has 5 heteroatoms. The highest BCUT2D eigenvalue weighted by Gasteiger charge is 2.17. The summed E-state index contributed by atoms with van der Waals surface area (Å²) in [6, 6.07) is 24.7. The van der Waals surface area contributed by atoms with Crippen LogP contribution in [0.1, 0.15) is 16.7 Å². The van der Waals surface area contributed by atoms with E-state index in [2.05, 4.69) is 65.9 Å². The van der Waals surface area contributed by atoms with Gasteiger partial charge in [-0.1, -0.05) is 65.8 Å². The standard InChI is InChI=1S/C27H28N2O3/c1-19-23(21-8-4-3-5-9-21)11-12-24(25(19)18-31-2)27-16-26(29-32-27)22-10-6-7-20(15-22)17-28-13-14-30/h3-12,15-16,28,30H,13-14,17-18H2,1-2H3. The second kappa shape index (κ2) is 10.4. The maximum atomic E-state index is 8.96. The molecule has 0 amide bonds. The van der Waals surface area contributed by atoms with Crippen LogP contribution >= 0.6 is 0 Å². The van der Waals surface area contributed by atoms with Gasteiger partial charge in [0.05, 0.1) is 13.2 Å². The van der Waals surface area contributed by atoms with Crippen molar-refractivity contribution in [1.29, 1.82) is 0 Å². The molecule has 1 aromatic heterocycles. The smallest absolute Gasteiger partial charge is 0.167 e. The molecule has 3 aromatic carbocycles. The Balaban J connectivity index is 1.67. The lowest BCUT2D eigenvalue weighted by molar-refractivity contribution is 0.184. The zero-order chi connectivity index (χ0) is 22.3. The fraction of sp³-hybridized carbons (Fsp3) is 0.222.